The molecule has 0 fully saturated rings. The monoisotopic (exact) mass is 303 g/mol. The molecule has 2 aromatic carbocycles. The van der Waals surface area contributed by atoms with Crippen molar-refractivity contribution in [3.05, 3.63) is 53.1 Å². The van der Waals surface area contributed by atoms with Crippen molar-refractivity contribution in [3.8, 4) is 16.9 Å². The van der Waals surface area contributed by atoms with Gasteiger partial charge in [0.15, 0.2) is 0 Å². The minimum Gasteiger partial charge on any atom is -0.487 e. The average molecular weight is 304 g/mol. The number of ether oxygens (including phenoxy) is 1. The van der Waals surface area contributed by atoms with E-state index in [0.717, 1.165) is 22.4 Å². The fraction of sp³-hybridized carbons (Fsp3) is 0.188. The molecule has 108 valence electrons. The molecule has 4 nitrogen and oxygen atoms in total. The topological polar surface area (TPSA) is 58.6 Å². The van der Waals surface area contributed by atoms with Gasteiger partial charge < -0.3 is 15.2 Å². The number of amides is 1. The van der Waals surface area contributed by atoms with Crippen molar-refractivity contribution in [2.24, 2.45) is 0 Å². The van der Waals surface area contributed by atoms with Gasteiger partial charge >= 0.3 is 6.09 Å². The second-order valence-corrected chi connectivity index (χ2v) is 5.37. The highest BCUT2D eigenvalue weighted by Crippen LogP contribution is 2.40. The molecule has 5 heteroatoms. The molecule has 3 rings (SSSR count). The first-order chi connectivity index (χ1) is 10.1. The molecule has 1 unspecified atom stereocenters. The minimum atomic E-state index is -1.05. The molecular weight excluding hydrogens is 290 g/mol. The third-order valence-corrected chi connectivity index (χ3v) is 3.65. The second-order valence-electron chi connectivity index (χ2n) is 4.94. The lowest BCUT2D eigenvalue weighted by Crippen LogP contribution is -2.33. The van der Waals surface area contributed by atoms with E-state index in [0.29, 0.717) is 11.4 Å². The summed E-state index contributed by atoms with van der Waals surface area (Å²) in [6.07, 6.45) is -0.594. The fourth-order valence-electron chi connectivity index (χ4n) is 2.54. The molecule has 1 heterocycles. The summed E-state index contributed by atoms with van der Waals surface area (Å²) in [6.45, 7) is 0.260. The van der Waals surface area contributed by atoms with Gasteiger partial charge in [0.25, 0.3) is 0 Å². The number of nitrogens with one attached hydrogen (secondary N) is 1. The van der Waals surface area contributed by atoms with Crippen molar-refractivity contribution in [1.82, 2.24) is 5.32 Å². The standard InChI is InChI=1S/C16H14ClNO3/c17-12-6-11-7-13(9-18-16(19)20)21-15(11)14(8-12)10-4-2-1-3-5-10/h1-6,8,13,18H,7,9H2,(H,19,20). The zero-order valence-corrected chi connectivity index (χ0v) is 11.9. The maximum Gasteiger partial charge on any atom is 0.404 e. The Morgan fingerprint density at radius 3 is 2.81 bits per heavy atom. The Kier molecular flexibility index (Phi) is 3.71. The van der Waals surface area contributed by atoms with E-state index in [1.54, 1.807) is 0 Å². The molecule has 0 saturated carbocycles. The average Bonchev–Trinajstić information content (AvgIpc) is 2.88. The van der Waals surface area contributed by atoms with Crippen LogP contribution in [-0.4, -0.2) is 23.8 Å². The summed E-state index contributed by atoms with van der Waals surface area (Å²) in [5.41, 5.74) is 2.98. The van der Waals surface area contributed by atoms with Crippen LogP contribution in [0.2, 0.25) is 5.02 Å². The number of carbonyl (C=O) groups is 1. The molecule has 21 heavy (non-hydrogen) atoms. The molecule has 0 aromatic heterocycles. The third-order valence-electron chi connectivity index (χ3n) is 3.43. The highest BCUT2D eigenvalue weighted by atomic mass is 35.5. The summed E-state index contributed by atoms with van der Waals surface area (Å²) in [5, 5.41) is 11.7. The van der Waals surface area contributed by atoms with Crippen LogP contribution in [0.15, 0.2) is 42.5 Å². The molecule has 0 radical (unpaired) electrons. The summed E-state index contributed by atoms with van der Waals surface area (Å²) in [5.74, 6) is 0.794. The van der Waals surface area contributed by atoms with Crippen LogP contribution in [0.3, 0.4) is 0 Å². The van der Waals surface area contributed by atoms with Gasteiger partial charge in [0.05, 0.1) is 6.54 Å². The Hall–Kier alpha value is -2.20. The molecule has 0 bridgehead atoms. The predicted octanol–water partition coefficient (Wildman–Crippen LogP) is 3.58. The van der Waals surface area contributed by atoms with Gasteiger partial charge in [-0.15, -0.1) is 0 Å². The SMILES string of the molecule is O=C(O)NCC1Cc2cc(Cl)cc(-c3ccccc3)c2O1. The van der Waals surface area contributed by atoms with Crippen LogP contribution in [0.1, 0.15) is 5.56 Å². The van der Waals surface area contributed by atoms with Crippen molar-refractivity contribution in [2.75, 3.05) is 6.54 Å². The molecule has 1 atom stereocenters. The Labute approximate surface area is 127 Å². The van der Waals surface area contributed by atoms with Gasteiger partial charge in [-0.2, -0.15) is 0 Å². The van der Waals surface area contributed by atoms with Gasteiger partial charge in [-0.05, 0) is 17.7 Å². The van der Waals surface area contributed by atoms with Crippen LogP contribution in [0, 0.1) is 0 Å². The van der Waals surface area contributed by atoms with E-state index in [2.05, 4.69) is 5.32 Å². The smallest absolute Gasteiger partial charge is 0.404 e. The van der Waals surface area contributed by atoms with Crippen molar-refractivity contribution < 1.29 is 14.6 Å². The zero-order chi connectivity index (χ0) is 14.8. The van der Waals surface area contributed by atoms with Gasteiger partial charge in [-0.3, -0.25) is 0 Å². The Morgan fingerprint density at radius 2 is 2.10 bits per heavy atom. The van der Waals surface area contributed by atoms with Crippen LogP contribution in [0.25, 0.3) is 11.1 Å². The lowest BCUT2D eigenvalue weighted by Gasteiger charge is -2.12. The summed E-state index contributed by atoms with van der Waals surface area (Å²) >= 11 is 6.19. The first-order valence-corrected chi connectivity index (χ1v) is 7.02. The van der Waals surface area contributed by atoms with E-state index in [1.807, 2.05) is 42.5 Å². The number of benzene rings is 2. The first-order valence-electron chi connectivity index (χ1n) is 6.65. The van der Waals surface area contributed by atoms with Crippen LogP contribution in [-0.2, 0) is 6.42 Å². The van der Waals surface area contributed by atoms with Gasteiger partial charge in [-0.25, -0.2) is 4.79 Å². The summed E-state index contributed by atoms with van der Waals surface area (Å²) in [4.78, 5) is 10.6. The van der Waals surface area contributed by atoms with Gasteiger partial charge in [0, 0.05) is 22.6 Å². The number of rotatable bonds is 3. The molecule has 2 aromatic rings. The van der Waals surface area contributed by atoms with Crippen molar-refractivity contribution in [3.63, 3.8) is 0 Å². The van der Waals surface area contributed by atoms with E-state index in [9.17, 15) is 4.79 Å². The minimum absolute atomic E-state index is 0.197. The lowest BCUT2D eigenvalue weighted by molar-refractivity contribution is 0.181. The molecule has 0 aliphatic carbocycles. The molecular formula is C16H14ClNO3. The number of hydrogen-bond acceptors (Lipinski definition) is 2. The Balaban J connectivity index is 1.91. The zero-order valence-electron chi connectivity index (χ0n) is 11.2. The number of carboxylic acid groups (broad SMARTS) is 1. The molecule has 1 aliphatic heterocycles. The quantitative estimate of drug-likeness (QED) is 0.911. The Bertz CT molecular complexity index is 673. The second kappa shape index (κ2) is 5.66. The molecule has 0 spiro atoms. The van der Waals surface area contributed by atoms with Gasteiger partial charge in [0.1, 0.15) is 11.9 Å². The largest absolute Gasteiger partial charge is 0.487 e. The number of halogens is 1. The van der Waals surface area contributed by atoms with E-state index >= 15 is 0 Å². The van der Waals surface area contributed by atoms with Crippen molar-refractivity contribution in [1.29, 1.82) is 0 Å². The van der Waals surface area contributed by atoms with E-state index in [1.165, 1.54) is 0 Å². The van der Waals surface area contributed by atoms with E-state index < -0.39 is 6.09 Å². The number of fused-ring (bicyclic) bond motifs is 1. The summed E-state index contributed by atoms with van der Waals surface area (Å²) in [6, 6.07) is 13.6. The highest BCUT2D eigenvalue weighted by Gasteiger charge is 2.26. The van der Waals surface area contributed by atoms with E-state index in [4.69, 9.17) is 21.4 Å². The molecule has 2 N–H and O–H groups in total. The normalized spacial score (nSPS) is 16.1. The number of hydrogen-bond donors (Lipinski definition) is 2. The Morgan fingerprint density at radius 1 is 1.33 bits per heavy atom. The molecule has 1 amide bonds. The summed E-state index contributed by atoms with van der Waals surface area (Å²) < 4.78 is 5.91. The van der Waals surface area contributed by atoms with Crippen molar-refractivity contribution in [2.45, 2.75) is 12.5 Å². The fourth-order valence-corrected chi connectivity index (χ4v) is 2.78. The highest BCUT2D eigenvalue weighted by molar-refractivity contribution is 6.31. The van der Waals surface area contributed by atoms with Crippen LogP contribution >= 0.6 is 11.6 Å². The molecule has 0 saturated heterocycles. The maximum atomic E-state index is 10.6. The molecule has 1 aliphatic rings. The van der Waals surface area contributed by atoms with Gasteiger partial charge in [0.2, 0.25) is 0 Å². The van der Waals surface area contributed by atoms with Crippen LogP contribution in [0.4, 0.5) is 4.79 Å². The van der Waals surface area contributed by atoms with Crippen LogP contribution < -0.4 is 10.1 Å². The maximum absolute atomic E-state index is 10.6. The van der Waals surface area contributed by atoms with Crippen LogP contribution in [0.5, 0.6) is 5.75 Å². The van der Waals surface area contributed by atoms with E-state index in [-0.39, 0.29) is 12.6 Å². The summed E-state index contributed by atoms with van der Waals surface area (Å²) in [7, 11) is 0. The van der Waals surface area contributed by atoms with Crippen molar-refractivity contribution >= 4 is 17.7 Å². The first kappa shape index (κ1) is 13.8. The predicted molar refractivity (Wildman–Crippen MR) is 81.0 cm³/mol. The van der Waals surface area contributed by atoms with Gasteiger partial charge in [-0.1, -0.05) is 41.9 Å². The lowest BCUT2D eigenvalue weighted by atomic mass is 10.0. The third kappa shape index (κ3) is 2.95.